The lowest BCUT2D eigenvalue weighted by Crippen LogP contribution is -2.22. The van der Waals surface area contributed by atoms with Crippen molar-refractivity contribution in [3.8, 4) is 0 Å². The Hall–Kier alpha value is -0.340. The average Bonchev–Trinajstić information content (AvgIpc) is 2.61. The summed E-state index contributed by atoms with van der Waals surface area (Å²) >= 11 is 1.83. The van der Waals surface area contributed by atoms with Crippen molar-refractivity contribution in [3.05, 3.63) is 21.9 Å². The van der Waals surface area contributed by atoms with Crippen LogP contribution in [0.4, 0.5) is 0 Å². The molecule has 1 aromatic rings. The van der Waals surface area contributed by atoms with E-state index >= 15 is 0 Å². The molecule has 12 heavy (non-hydrogen) atoms. The maximum atomic E-state index is 6.02. The summed E-state index contributed by atoms with van der Waals surface area (Å²) in [6, 6.07) is 2.23. The number of nitrogens with two attached hydrogens (primary N) is 1. The zero-order valence-corrected chi connectivity index (χ0v) is 8.29. The molecule has 1 saturated carbocycles. The van der Waals surface area contributed by atoms with Crippen LogP contribution in [0.25, 0.3) is 0 Å². The third-order valence-corrected chi connectivity index (χ3v) is 3.64. The molecule has 1 aromatic heterocycles. The van der Waals surface area contributed by atoms with E-state index < -0.39 is 0 Å². The van der Waals surface area contributed by atoms with Gasteiger partial charge in [0.25, 0.3) is 0 Å². The van der Waals surface area contributed by atoms with E-state index in [-0.39, 0.29) is 5.54 Å². The number of rotatable bonds is 3. The van der Waals surface area contributed by atoms with Gasteiger partial charge in [-0.15, -0.1) is 11.3 Å². The summed E-state index contributed by atoms with van der Waals surface area (Å²) in [6.07, 6.45) is 4.81. The average molecular weight is 181 g/mol. The normalized spacial score (nSPS) is 19.5. The van der Waals surface area contributed by atoms with Crippen LogP contribution in [0, 0.1) is 6.92 Å². The van der Waals surface area contributed by atoms with Crippen molar-refractivity contribution in [1.82, 2.24) is 0 Å². The highest BCUT2D eigenvalue weighted by molar-refractivity contribution is 7.10. The number of aryl methyl sites for hydroxylation is 2. The fourth-order valence-corrected chi connectivity index (χ4v) is 2.22. The molecule has 2 rings (SSSR count). The molecule has 2 N–H and O–H groups in total. The minimum atomic E-state index is 0.217. The van der Waals surface area contributed by atoms with Crippen molar-refractivity contribution < 1.29 is 0 Å². The maximum Gasteiger partial charge on any atom is 0.0158 e. The molecule has 0 radical (unpaired) electrons. The molecule has 0 bridgehead atoms. The fraction of sp³-hybridized carbons (Fsp3) is 0.600. The van der Waals surface area contributed by atoms with Gasteiger partial charge in [0.05, 0.1) is 0 Å². The SMILES string of the molecule is Cc1sccc1CCC1(N)CC1. The van der Waals surface area contributed by atoms with Crippen molar-refractivity contribution in [2.75, 3.05) is 0 Å². The van der Waals surface area contributed by atoms with Gasteiger partial charge in [-0.2, -0.15) is 0 Å². The standard InChI is InChI=1S/C10H15NS/c1-8-9(3-7-12-8)2-4-10(11)5-6-10/h3,7H,2,4-6,11H2,1H3. The van der Waals surface area contributed by atoms with Crippen LogP contribution in [0.2, 0.25) is 0 Å². The molecule has 0 aromatic carbocycles. The first-order valence-corrected chi connectivity index (χ1v) is 5.39. The van der Waals surface area contributed by atoms with E-state index in [1.807, 2.05) is 11.3 Å². The van der Waals surface area contributed by atoms with E-state index in [0.29, 0.717) is 0 Å². The molecule has 1 aliphatic carbocycles. The van der Waals surface area contributed by atoms with E-state index in [4.69, 9.17) is 5.73 Å². The molecular weight excluding hydrogens is 166 g/mol. The highest BCUT2D eigenvalue weighted by Crippen LogP contribution is 2.37. The van der Waals surface area contributed by atoms with Crippen molar-refractivity contribution in [1.29, 1.82) is 0 Å². The van der Waals surface area contributed by atoms with Crippen molar-refractivity contribution in [3.63, 3.8) is 0 Å². The second-order valence-electron chi connectivity index (χ2n) is 3.86. The third kappa shape index (κ3) is 1.70. The Morgan fingerprint density at radius 2 is 2.33 bits per heavy atom. The predicted octanol–water partition coefficient (Wildman–Crippen LogP) is 2.48. The van der Waals surface area contributed by atoms with Crippen molar-refractivity contribution >= 4 is 11.3 Å². The molecule has 1 heterocycles. The number of hydrogen-bond donors (Lipinski definition) is 1. The molecule has 0 saturated heterocycles. The van der Waals surface area contributed by atoms with Crippen LogP contribution >= 0.6 is 11.3 Å². The van der Waals surface area contributed by atoms with Crippen LogP contribution in [-0.4, -0.2) is 5.54 Å². The molecule has 0 spiro atoms. The lowest BCUT2D eigenvalue weighted by atomic mass is 10.1. The highest BCUT2D eigenvalue weighted by Gasteiger charge is 2.37. The molecule has 0 amide bonds. The summed E-state index contributed by atoms with van der Waals surface area (Å²) in [5, 5.41) is 2.17. The molecule has 1 nitrogen and oxygen atoms in total. The molecule has 0 aliphatic heterocycles. The quantitative estimate of drug-likeness (QED) is 0.761. The van der Waals surface area contributed by atoms with Gasteiger partial charge < -0.3 is 5.73 Å². The van der Waals surface area contributed by atoms with Crippen LogP contribution in [-0.2, 0) is 6.42 Å². The molecule has 66 valence electrons. The minimum absolute atomic E-state index is 0.217. The second-order valence-corrected chi connectivity index (χ2v) is 4.98. The van der Waals surface area contributed by atoms with Gasteiger partial charge in [-0.3, -0.25) is 0 Å². The lowest BCUT2D eigenvalue weighted by Gasteiger charge is -2.06. The van der Waals surface area contributed by atoms with Crippen LogP contribution in [0.5, 0.6) is 0 Å². The van der Waals surface area contributed by atoms with Gasteiger partial charge in [0, 0.05) is 10.4 Å². The van der Waals surface area contributed by atoms with E-state index in [0.717, 1.165) is 0 Å². The number of hydrogen-bond acceptors (Lipinski definition) is 2. The predicted molar refractivity (Wildman–Crippen MR) is 53.5 cm³/mol. The van der Waals surface area contributed by atoms with E-state index in [1.54, 1.807) is 0 Å². The Labute approximate surface area is 77.6 Å². The van der Waals surface area contributed by atoms with Gasteiger partial charge in [-0.25, -0.2) is 0 Å². The number of thiophene rings is 1. The second kappa shape index (κ2) is 2.86. The van der Waals surface area contributed by atoms with Gasteiger partial charge in [0.2, 0.25) is 0 Å². The lowest BCUT2D eigenvalue weighted by molar-refractivity contribution is 0.609. The van der Waals surface area contributed by atoms with Crippen LogP contribution in [0.3, 0.4) is 0 Å². The summed E-state index contributed by atoms with van der Waals surface area (Å²) < 4.78 is 0. The van der Waals surface area contributed by atoms with Crippen molar-refractivity contribution in [2.45, 2.75) is 38.1 Å². The summed E-state index contributed by atoms with van der Waals surface area (Å²) in [7, 11) is 0. The summed E-state index contributed by atoms with van der Waals surface area (Å²) in [4.78, 5) is 1.46. The topological polar surface area (TPSA) is 26.0 Å². The van der Waals surface area contributed by atoms with Gasteiger partial charge in [0.1, 0.15) is 0 Å². The molecular formula is C10H15NS. The Morgan fingerprint density at radius 1 is 1.58 bits per heavy atom. The molecule has 0 atom stereocenters. The summed E-state index contributed by atoms with van der Waals surface area (Å²) in [5.74, 6) is 0. The minimum Gasteiger partial charge on any atom is -0.325 e. The third-order valence-electron chi connectivity index (χ3n) is 2.75. The van der Waals surface area contributed by atoms with E-state index in [1.165, 1.54) is 36.1 Å². The van der Waals surface area contributed by atoms with Gasteiger partial charge in [-0.05, 0) is 49.6 Å². The fourth-order valence-electron chi connectivity index (χ4n) is 1.46. The zero-order valence-electron chi connectivity index (χ0n) is 7.47. The van der Waals surface area contributed by atoms with Crippen LogP contribution in [0.15, 0.2) is 11.4 Å². The Bertz CT molecular complexity index is 273. The first kappa shape index (κ1) is 8.27. The van der Waals surface area contributed by atoms with Gasteiger partial charge in [0.15, 0.2) is 0 Å². The van der Waals surface area contributed by atoms with Gasteiger partial charge >= 0.3 is 0 Å². The monoisotopic (exact) mass is 181 g/mol. The zero-order chi connectivity index (χ0) is 8.60. The molecule has 1 aliphatic rings. The summed E-state index contributed by atoms with van der Waals surface area (Å²) in [6.45, 7) is 2.19. The Balaban J connectivity index is 1.91. The molecule has 1 fully saturated rings. The molecule has 0 unspecified atom stereocenters. The van der Waals surface area contributed by atoms with Crippen LogP contribution in [0.1, 0.15) is 29.7 Å². The largest absolute Gasteiger partial charge is 0.325 e. The van der Waals surface area contributed by atoms with E-state index in [2.05, 4.69) is 18.4 Å². The summed E-state index contributed by atoms with van der Waals surface area (Å²) in [5.41, 5.74) is 7.73. The highest BCUT2D eigenvalue weighted by atomic mass is 32.1. The maximum absolute atomic E-state index is 6.02. The van der Waals surface area contributed by atoms with E-state index in [9.17, 15) is 0 Å². The first-order chi connectivity index (χ1) is 5.70. The first-order valence-electron chi connectivity index (χ1n) is 4.51. The van der Waals surface area contributed by atoms with Gasteiger partial charge in [-0.1, -0.05) is 0 Å². The van der Waals surface area contributed by atoms with Crippen molar-refractivity contribution in [2.24, 2.45) is 5.73 Å². The Morgan fingerprint density at radius 3 is 2.83 bits per heavy atom. The smallest absolute Gasteiger partial charge is 0.0158 e. The molecule has 2 heteroatoms. The Kier molecular flexibility index (Phi) is 1.97. The van der Waals surface area contributed by atoms with Crippen LogP contribution < -0.4 is 5.73 Å².